The van der Waals surface area contributed by atoms with E-state index in [2.05, 4.69) is 4.98 Å². The summed E-state index contributed by atoms with van der Waals surface area (Å²) in [5.41, 5.74) is 0.745. The van der Waals surface area contributed by atoms with Crippen LogP contribution in [0.25, 0.3) is 11.1 Å². The Kier molecular flexibility index (Phi) is 2.67. The quantitative estimate of drug-likeness (QED) is 0.885. The Labute approximate surface area is 109 Å². The Morgan fingerprint density at radius 1 is 1.26 bits per heavy atom. The minimum atomic E-state index is -1.04. The van der Waals surface area contributed by atoms with Crippen LogP contribution in [0.15, 0.2) is 35.3 Å². The van der Waals surface area contributed by atoms with Crippen molar-refractivity contribution >= 4 is 5.97 Å². The van der Waals surface area contributed by atoms with Gasteiger partial charge in [-0.05, 0) is 12.5 Å². The number of nitrogens with zero attached hydrogens (tertiary/aromatic N) is 2. The topological polar surface area (TPSA) is 72.2 Å². The van der Waals surface area contributed by atoms with Crippen LogP contribution in [0.2, 0.25) is 0 Å². The highest BCUT2D eigenvalue weighted by Crippen LogP contribution is 2.21. The molecule has 0 amide bonds. The van der Waals surface area contributed by atoms with Gasteiger partial charge in [0.2, 0.25) is 0 Å². The van der Waals surface area contributed by atoms with Crippen molar-refractivity contribution in [3.8, 4) is 11.1 Å². The molecule has 96 valence electrons. The van der Waals surface area contributed by atoms with Crippen molar-refractivity contribution < 1.29 is 9.90 Å². The van der Waals surface area contributed by atoms with E-state index in [-0.39, 0.29) is 11.1 Å². The molecule has 5 nitrogen and oxygen atoms in total. The predicted molar refractivity (Wildman–Crippen MR) is 69.2 cm³/mol. The third-order valence-corrected chi connectivity index (χ3v) is 3.36. The molecule has 0 atom stereocenters. The number of aromatic carboxylic acids is 1. The second kappa shape index (κ2) is 4.35. The molecule has 0 saturated carbocycles. The number of rotatable bonds is 2. The maximum absolute atomic E-state index is 12.4. The van der Waals surface area contributed by atoms with Gasteiger partial charge in [0.05, 0.1) is 11.1 Å². The van der Waals surface area contributed by atoms with Crippen molar-refractivity contribution in [3.05, 3.63) is 52.2 Å². The van der Waals surface area contributed by atoms with Crippen LogP contribution >= 0.6 is 0 Å². The normalized spacial score (nSPS) is 13.3. The van der Waals surface area contributed by atoms with E-state index in [9.17, 15) is 14.7 Å². The zero-order valence-electron chi connectivity index (χ0n) is 10.2. The first kappa shape index (κ1) is 11.6. The number of fused-ring (bicyclic) bond motifs is 1. The number of aromatic nitrogens is 2. The first-order valence-corrected chi connectivity index (χ1v) is 6.10. The zero-order valence-corrected chi connectivity index (χ0v) is 10.2. The smallest absolute Gasteiger partial charge is 0.336 e. The Morgan fingerprint density at radius 3 is 2.84 bits per heavy atom. The Morgan fingerprint density at radius 2 is 2.05 bits per heavy atom. The molecule has 2 heterocycles. The zero-order chi connectivity index (χ0) is 13.4. The van der Waals surface area contributed by atoms with Gasteiger partial charge in [-0.3, -0.25) is 9.36 Å². The van der Waals surface area contributed by atoms with Crippen molar-refractivity contribution in [2.45, 2.75) is 19.4 Å². The molecular weight excluding hydrogens is 244 g/mol. The fourth-order valence-electron chi connectivity index (χ4n) is 2.44. The van der Waals surface area contributed by atoms with Gasteiger partial charge in [-0.1, -0.05) is 18.2 Å². The Hall–Kier alpha value is -2.43. The van der Waals surface area contributed by atoms with E-state index in [1.807, 2.05) is 0 Å². The van der Waals surface area contributed by atoms with Gasteiger partial charge in [0, 0.05) is 24.7 Å². The molecule has 5 heteroatoms. The molecule has 1 aliphatic heterocycles. The van der Waals surface area contributed by atoms with E-state index in [1.54, 1.807) is 22.8 Å². The molecule has 0 fully saturated rings. The average molecular weight is 256 g/mol. The van der Waals surface area contributed by atoms with E-state index in [0.29, 0.717) is 17.7 Å². The summed E-state index contributed by atoms with van der Waals surface area (Å²) in [6.07, 6.45) is 3.20. The molecule has 1 aliphatic rings. The van der Waals surface area contributed by atoms with Crippen molar-refractivity contribution in [2.24, 2.45) is 0 Å². The molecule has 1 N–H and O–H groups in total. The molecule has 19 heavy (non-hydrogen) atoms. The number of carbonyl (C=O) groups is 1. The van der Waals surface area contributed by atoms with E-state index in [1.165, 1.54) is 12.3 Å². The van der Waals surface area contributed by atoms with Gasteiger partial charge in [0.15, 0.2) is 0 Å². The van der Waals surface area contributed by atoms with Gasteiger partial charge in [-0.25, -0.2) is 9.78 Å². The summed E-state index contributed by atoms with van der Waals surface area (Å²) in [5, 5.41) is 9.18. The third kappa shape index (κ3) is 1.83. The summed E-state index contributed by atoms with van der Waals surface area (Å²) in [6.45, 7) is 0.657. The molecule has 0 bridgehead atoms. The average Bonchev–Trinajstić information content (AvgIpc) is 2.88. The maximum atomic E-state index is 12.4. The lowest BCUT2D eigenvalue weighted by Crippen LogP contribution is -2.22. The monoisotopic (exact) mass is 256 g/mol. The first-order chi connectivity index (χ1) is 9.18. The van der Waals surface area contributed by atoms with Crippen LogP contribution < -0.4 is 5.56 Å². The highest BCUT2D eigenvalue weighted by Gasteiger charge is 2.19. The number of benzene rings is 1. The molecule has 0 spiro atoms. The van der Waals surface area contributed by atoms with Crippen LogP contribution in [0.1, 0.15) is 22.6 Å². The number of aryl methyl sites for hydroxylation is 1. The summed E-state index contributed by atoms with van der Waals surface area (Å²) < 4.78 is 1.63. The van der Waals surface area contributed by atoms with Gasteiger partial charge < -0.3 is 5.11 Å². The van der Waals surface area contributed by atoms with Gasteiger partial charge >= 0.3 is 5.97 Å². The lowest BCUT2D eigenvalue weighted by molar-refractivity contribution is 0.0697. The Bertz CT molecular complexity index is 719. The minimum Gasteiger partial charge on any atom is -0.478 e. The first-order valence-electron chi connectivity index (χ1n) is 6.10. The molecule has 2 aromatic rings. The van der Waals surface area contributed by atoms with Gasteiger partial charge in [0.1, 0.15) is 5.82 Å². The van der Waals surface area contributed by atoms with Crippen LogP contribution in [0.5, 0.6) is 0 Å². The Balaban J connectivity index is 2.24. The second-order valence-electron chi connectivity index (χ2n) is 4.50. The molecule has 1 aromatic carbocycles. The van der Waals surface area contributed by atoms with Gasteiger partial charge in [-0.2, -0.15) is 0 Å². The van der Waals surface area contributed by atoms with Gasteiger partial charge in [0.25, 0.3) is 5.56 Å². The number of hydrogen-bond acceptors (Lipinski definition) is 3. The van der Waals surface area contributed by atoms with Crippen molar-refractivity contribution in [3.63, 3.8) is 0 Å². The molecule has 0 aliphatic carbocycles. The largest absolute Gasteiger partial charge is 0.478 e. The van der Waals surface area contributed by atoms with Crippen LogP contribution in [0.4, 0.5) is 0 Å². The number of carboxylic acids is 1. The van der Waals surface area contributed by atoms with Crippen LogP contribution in [0, 0.1) is 0 Å². The fourth-order valence-corrected chi connectivity index (χ4v) is 2.44. The molecule has 0 saturated heterocycles. The minimum absolute atomic E-state index is 0.125. The van der Waals surface area contributed by atoms with E-state index < -0.39 is 5.97 Å². The van der Waals surface area contributed by atoms with Crippen LogP contribution in [-0.4, -0.2) is 20.6 Å². The van der Waals surface area contributed by atoms with Crippen molar-refractivity contribution in [1.29, 1.82) is 0 Å². The maximum Gasteiger partial charge on any atom is 0.336 e. The van der Waals surface area contributed by atoms with Crippen LogP contribution in [-0.2, 0) is 13.0 Å². The number of hydrogen-bond donors (Lipinski definition) is 1. The molecule has 0 radical (unpaired) electrons. The van der Waals surface area contributed by atoms with E-state index in [0.717, 1.165) is 18.7 Å². The van der Waals surface area contributed by atoms with Crippen molar-refractivity contribution in [1.82, 2.24) is 9.55 Å². The molecule has 0 unspecified atom stereocenters. The summed E-state index contributed by atoms with van der Waals surface area (Å²) in [5.74, 6) is -0.262. The summed E-state index contributed by atoms with van der Waals surface area (Å²) in [7, 11) is 0. The summed E-state index contributed by atoms with van der Waals surface area (Å²) in [4.78, 5) is 27.8. The van der Waals surface area contributed by atoms with Gasteiger partial charge in [-0.15, -0.1) is 0 Å². The lowest BCUT2D eigenvalue weighted by Gasteiger charge is -2.08. The molecule has 1 aromatic heterocycles. The highest BCUT2D eigenvalue weighted by atomic mass is 16.4. The number of carboxylic acid groups (broad SMARTS) is 1. The fraction of sp³-hybridized carbons (Fsp3) is 0.214. The highest BCUT2D eigenvalue weighted by molar-refractivity contribution is 5.95. The SMILES string of the molecule is O=C(O)c1ccccc1-c1cnc2n(c1=O)CCC2. The van der Waals surface area contributed by atoms with E-state index in [4.69, 9.17) is 0 Å². The summed E-state index contributed by atoms with van der Waals surface area (Å²) >= 11 is 0. The lowest BCUT2D eigenvalue weighted by atomic mass is 10.0. The molecular formula is C14H12N2O3. The predicted octanol–water partition coefficient (Wildman–Crippen LogP) is 1.55. The molecule has 3 rings (SSSR count). The van der Waals surface area contributed by atoms with Crippen LogP contribution in [0.3, 0.4) is 0 Å². The van der Waals surface area contributed by atoms with Crippen molar-refractivity contribution in [2.75, 3.05) is 0 Å². The second-order valence-corrected chi connectivity index (χ2v) is 4.50. The summed E-state index contributed by atoms with van der Waals surface area (Å²) in [6, 6.07) is 6.50. The van der Waals surface area contributed by atoms with E-state index >= 15 is 0 Å². The third-order valence-electron chi connectivity index (χ3n) is 3.36. The standard InChI is InChI=1S/C14H12N2O3/c17-13-11(8-15-12-6-3-7-16(12)13)9-4-1-2-5-10(9)14(18)19/h1-2,4-5,8H,3,6-7H2,(H,18,19).